The number of benzene rings is 8. The van der Waals surface area contributed by atoms with Gasteiger partial charge in [0, 0.05) is 42.9 Å². The van der Waals surface area contributed by atoms with Crippen LogP contribution in [-0.2, 0) is 0 Å². The Balaban J connectivity index is 1.20. The molecule has 0 spiro atoms. The van der Waals surface area contributed by atoms with Gasteiger partial charge in [0.25, 0.3) is 0 Å². The minimum Gasteiger partial charge on any atom is -0.308 e. The summed E-state index contributed by atoms with van der Waals surface area (Å²) in [5, 5.41) is 9.82. The van der Waals surface area contributed by atoms with E-state index in [4.69, 9.17) is 15.0 Å². The summed E-state index contributed by atoms with van der Waals surface area (Å²) in [5.41, 5.74) is 6.51. The minimum absolute atomic E-state index is 0.658. The van der Waals surface area contributed by atoms with E-state index in [1.165, 1.54) is 63.8 Å². The molecule has 0 atom stereocenters. The lowest BCUT2D eigenvalue weighted by Gasteiger charge is -2.11. The average molecular weight is 681 g/mol. The molecule has 3 heterocycles. The Morgan fingerprint density at radius 3 is 1.71 bits per heavy atom. The third-order valence-electron chi connectivity index (χ3n) is 10.2. The first kappa shape index (κ1) is 29.1. The van der Waals surface area contributed by atoms with Crippen LogP contribution < -0.4 is 0 Å². The van der Waals surface area contributed by atoms with Gasteiger partial charge in [-0.15, -0.1) is 11.3 Å². The second kappa shape index (κ2) is 11.4. The molecule has 0 saturated heterocycles. The molecule has 0 N–H and O–H groups in total. The third-order valence-corrected chi connectivity index (χ3v) is 11.4. The molecule has 0 radical (unpaired) electrons. The number of nitrogens with zero attached hydrogens (tertiary/aromatic N) is 4. The van der Waals surface area contributed by atoms with Gasteiger partial charge in [-0.25, -0.2) is 15.0 Å². The second-order valence-electron chi connectivity index (χ2n) is 13.2. The molecule has 52 heavy (non-hydrogen) atoms. The fourth-order valence-corrected chi connectivity index (χ4v) is 9.11. The second-order valence-corrected chi connectivity index (χ2v) is 14.3. The van der Waals surface area contributed by atoms with E-state index in [-0.39, 0.29) is 0 Å². The molecule has 8 aromatic carbocycles. The molecule has 0 aliphatic rings. The fraction of sp³-hybridized carbons (Fsp3) is 0. The zero-order valence-electron chi connectivity index (χ0n) is 27.9. The molecule has 0 aliphatic heterocycles. The van der Waals surface area contributed by atoms with Crippen LogP contribution in [0.15, 0.2) is 170 Å². The van der Waals surface area contributed by atoms with Gasteiger partial charge in [-0.1, -0.05) is 140 Å². The maximum Gasteiger partial charge on any atom is 0.164 e. The van der Waals surface area contributed by atoms with Crippen LogP contribution in [0.25, 0.3) is 103 Å². The first-order valence-corrected chi connectivity index (χ1v) is 18.3. The van der Waals surface area contributed by atoms with Crippen molar-refractivity contribution in [3.05, 3.63) is 170 Å². The molecule has 0 unspecified atom stereocenters. The lowest BCUT2D eigenvalue weighted by atomic mass is 9.98. The highest BCUT2D eigenvalue weighted by atomic mass is 32.1. The highest BCUT2D eigenvalue weighted by Gasteiger charge is 2.21. The third kappa shape index (κ3) is 4.43. The van der Waals surface area contributed by atoms with Crippen molar-refractivity contribution in [1.82, 2.24) is 19.5 Å². The lowest BCUT2D eigenvalue weighted by molar-refractivity contribution is 1.08. The van der Waals surface area contributed by atoms with Crippen molar-refractivity contribution in [1.29, 1.82) is 0 Å². The van der Waals surface area contributed by atoms with Crippen molar-refractivity contribution in [2.75, 3.05) is 0 Å². The molecule has 0 aliphatic carbocycles. The number of hydrogen-bond acceptors (Lipinski definition) is 4. The van der Waals surface area contributed by atoms with Crippen LogP contribution in [0.5, 0.6) is 0 Å². The fourth-order valence-electron chi connectivity index (χ4n) is 7.85. The molecule has 0 fully saturated rings. The van der Waals surface area contributed by atoms with Crippen molar-refractivity contribution < 1.29 is 0 Å². The SMILES string of the molecule is c1ccc(-c2nc(-c3ccccc3)nc(-c3cc4sc5c(-n6c7ccccc7c7cc8ccccc8cc76)cccc5c4c4ccccc34)n2)cc1. The van der Waals surface area contributed by atoms with E-state index in [0.717, 1.165) is 22.1 Å². The zero-order valence-corrected chi connectivity index (χ0v) is 28.7. The van der Waals surface area contributed by atoms with E-state index in [2.05, 4.69) is 138 Å². The number of para-hydroxylation sites is 1. The van der Waals surface area contributed by atoms with Crippen molar-refractivity contribution >= 4 is 74.9 Å². The van der Waals surface area contributed by atoms with Crippen molar-refractivity contribution in [3.63, 3.8) is 0 Å². The van der Waals surface area contributed by atoms with Gasteiger partial charge < -0.3 is 4.57 Å². The van der Waals surface area contributed by atoms with Crippen LogP contribution in [0.3, 0.4) is 0 Å². The smallest absolute Gasteiger partial charge is 0.164 e. The Kier molecular flexibility index (Phi) is 6.39. The van der Waals surface area contributed by atoms with Crippen LogP contribution >= 0.6 is 11.3 Å². The maximum absolute atomic E-state index is 5.14. The van der Waals surface area contributed by atoms with Gasteiger partial charge in [-0.2, -0.15) is 0 Å². The summed E-state index contributed by atoms with van der Waals surface area (Å²) in [5.74, 6) is 1.98. The van der Waals surface area contributed by atoms with Crippen LogP contribution in [0, 0.1) is 0 Å². The molecule has 0 bridgehead atoms. The molecule has 3 aromatic heterocycles. The maximum atomic E-state index is 5.14. The summed E-state index contributed by atoms with van der Waals surface area (Å²) in [6.07, 6.45) is 0. The standard InChI is InChI=1S/C47H28N4S/c1-3-14-29(15-4-1)45-48-46(30-16-5-2-6-17-30)50-47(49-45)38-28-42-43(35-22-10-9-20-33(35)38)36-23-13-25-40(44(36)52-42)51-39-24-12-11-21-34(39)37-26-31-18-7-8-19-32(31)27-41(37)51/h1-28H. The van der Waals surface area contributed by atoms with Crippen LogP contribution in [0.2, 0.25) is 0 Å². The topological polar surface area (TPSA) is 43.6 Å². The summed E-state index contributed by atoms with van der Waals surface area (Å²) in [7, 11) is 0. The molecular formula is C47H28N4S. The van der Waals surface area contributed by atoms with Crippen LogP contribution in [0.1, 0.15) is 0 Å². The van der Waals surface area contributed by atoms with Crippen molar-refractivity contribution in [2.45, 2.75) is 0 Å². The normalized spacial score (nSPS) is 11.8. The molecule has 4 nitrogen and oxygen atoms in total. The zero-order chi connectivity index (χ0) is 34.2. The summed E-state index contributed by atoms with van der Waals surface area (Å²) < 4.78 is 4.91. The van der Waals surface area contributed by atoms with Gasteiger partial charge in [-0.05, 0) is 51.9 Å². The minimum atomic E-state index is 0.658. The highest BCUT2D eigenvalue weighted by Crippen LogP contribution is 2.46. The molecule has 5 heteroatoms. The van der Waals surface area contributed by atoms with E-state index >= 15 is 0 Å². The van der Waals surface area contributed by atoms with Crippen molar-refractivity contribution in [3.8, 4) is 39.9 Å². The predicted octanol–water partition coefficient (Wildman–Crippen LogP) is 12.6. The lowest BCUT2D eigenvalue weighted by Crippen LogP contribution is -2.00. The molecular weight excluding hydrogens is 653 g/mol. The first-order valence-electron chi connectivity index (χ1n) is 17.5. The van der Waals surface area contributed by atoms with E-state index < -0.39 is 0 Å². The van der Waals surface area contributed by atoms with E-state index in [0.29, 0.717) is 17.5 Å². The van der Waals surface area contributed by atoms with Gasteiger partial charge in [-0.3, -0.25) is 0 Å². The Morgan fingerprint density at radius 2 is 0.981 bits per heavy atom. The number of fused-ring (bicyclic) bond motifs is 9. The molecule has 0 amide bonds. The Bertz CT molecular complexity index is 3120. The summed E-state index contributed by atoms with van der Waals surface area (Å²) in [6.45, 7) is 0. The summed E-state index contributed by atoms with van der Waals surface area (Å²) in [6, 6.07) is 60.2. The van der Waals surface area contributed by atoms with Gasteiger partial charge >= 0.3 is 0 Å². The summed E-state index contributed by atoms with van der Waals surface area (Å²) >= 11 is 1.84. The van der Waals surface area contributed by atoms with Crippen LogP contribution in [-0.4, -0.2) is 19.5 Å². The highest BCUT2D eigenvalue weighted by molar-refractivity contribution is 7.26. The number of aromatic nitrogens is 4. The summed E-state index contributed by atoms with van der Waals surface area (Å²) in [4.78, 5) is 15.2. The first-order chi connectivity index (χ1) is 25.8. The Labute approximate surface area is 302 Å². The Morgan fingerprint density at radius 1 is 0.404 bits per heavy atom. The average Bonchev–Trinajstić information content (AvgIpc) is 3.76. The van der Waals surface area contributed by atoms with Gasteiger partial charge in [0.1, 0.15) is 0 Å². The largest absolute Gasteiger partial charge is 0.308 e. The van der Waals surface area contributed by atoms with Gasteiger partial charge in [0.15, 0.2) is 17.5 Å². The molecule has 242 valence electrons. The van der Waals surface area contributed by atoms with Crippen LogP contribution in [0.4, 0.5) is 0 Å². The number of thiophene rings is 1. The van der Waals surface area contributed by atoms with Crippen molar-refractivity contribution in [2.24, 2.45) is 0 Å². The van der Waals surface area contributed by atoms with Gasteiger partial charge in [0.05, 0.1) is 21.4 Å². The van der Waals surface area contributed by atoms with E-state index in [1.54, 1.807) is 0 Å². The number of hydrogen-bond donors (Lipinski definition) is 0. The molecule has 11 rings (SSSR count). The predicted molar refractivity (Wildman–Crippen MR) is 218 cm³/mol. The van der Waals surface area contributed by atoms with E-state index in [1.807, 2.05) is 47.7 Å². The molecule has 0 saturated carbocycles. The van der Waals surface area contributed by atoms with E-state index in [9.17, 15) is 0 Å². The Hall–Kier alpha value is -6.69. The molecule has 11 aromatic rings. The van der Waals surface area contributed by atoms with Gasteiger partial charge in [0.2, 0.25) is 0 Å². The monoisotopic (exact) mass is 680 g/mol. The quantitative estimate of drug-likeness (QED) is 0.186. The number of rotatable bonds is 4.